The Kier molecular flexibility index (Phi) is 7.07. The molecule has 0 fully saturated rings. The van der Waals surface area contributed by atoms with Crippen molar-refractivity contribution in [2.75, 3.05) is 14.1 Å². The second-order valence-corrected chi connectivity index (χ2v) is 6.65. The molecule has 0 spiro atoms. The van der Waals surface area contributed by atoms with Gasteiger partial charge < -0.3 is 10.0 Å². The number of hydrogen-bond donors (Lipinski definition) is 1. The lowest BCUT2D eigenvalue weighted by Gasteiger charge is -2.25. The second-order valence-electron chi connectivity index (χ2n) is 4.83. The molecule has 3 nitrogen and oxygen atoms in total. The molecular formula is C12H25NO2S. The van der Waals surface area contributed by atoms with Crippen LogP contribution in [-0.4, -0.2) is 46.6 Å². The highest BCUT2D eigenvalue weighted by Gasteiger charge is 2.22. The van der Waals surface area contributed by atoms with Gasteiger partial charge >= 0.3 is 5.97 Å². The average Bonchev–Trinajstić information content (AvgIpc) is 2.15. The summed E-state index contributed by atoms with van der Waals surface area (Å²) < 4.78 is 0. The predicted octanol–water partition coefficient (Wildman–Crippen LogP) is 2.56. The lowest BCUT2D eigenvalue weighted by atomic mass is 10.1. The molecule has 0 bridgehead atoms. The highest BCUT2D eigenvalue weighted by molar-refractivity contribution is 8.00. The molecule has 0 aliphatic carbocycles. The van der Waals surface area contributed by atoms with Gasteiger partial charge in [-0.2, -0.15) is 11.8 Å². The highest BCUT2D eigenvalue weighted by atomic mass is 32.2. The fourth-order valence-corrected chi connectivity index (χ4v) is 2.91. The number of aliphatic carboxylic acids is 1. The van der Waals surface area contributed by atoms with Crippen molar-refractivity contribution in [3.63, 3.8) is 0 Å². The Labute approximate surface area is 104 Å². The number of nitrogens with zero attached hydrogens (tertiary/aromatic N) is 1. The first-order valence-electron chi connectivity index (χ1n) is 5.80. The molecule has 0 saturated heterocycles. The van der Waals surface area contributed by atoms with Crippen molar-refractivity contribution in [2.45, 2.75) is 50.7 Å². The van der Waals surface area contributed by atoms with E-state index in [4.69, 9.17) is 5.11 Å². The average molecular weight is 247 g/mol. The van der Waals surface area contributed by atoms with Crippen molar-refractivity contribution in [1.82, 2.24) is 4.90 Å². The van der Waals surface area contributed by atoms with Crippen molar-refractivity contribution < 1.29 is 9.90 Å². The minimum Gasteiger partial charge on any atom is -0.481 e. The monoisotopic (exact) mass is 247 g/mol. The summed E-state index contributed by atoms with van der Waals surface area (Å²) >= 11 is 1.77. The van der Waals surface area contributed by atoms with E-state index in [-0.39, 0.29) is 11.2 Å². The van der Waals surface area contributed by atoms with Gasteiger partial charge in [-0.3, -0.25) is 4.79 Å². The molecular weight excluding hydrogens is 222 g/mol. The van der Waals surface area contributed by atoms with Crippen LogP contribution in [0.2, 0.25) is 0 Å². The Balaban J connectivity index is 4.04. The molecule has 0 rings (SSSR count). The molecule has 16 heavy (non-hydrogen) atoms. The summed E-state index contributed by atoms with van der Waals surface area (Å²) in [5.74, 6) is -0.977. The minimum atomic E-state index is -0.701. The second kappa shape index (κ2) is 7.17. The maximum Gasteiger partial charge on any atom is 0.307 e. The number of thioether (sulfide) groups is 1. The smallest absolute Gasteiger partial charge is 0.307 e. The third kappa shape index (κ3) is 5.75. The summed E-state index contributed by atoms with van der Waals surface area (Å²) in [5, 5.41) is 9.58. The van der Waals surface area contributed by atoms with Crippen LogP contribution < -0.4 is 0 Å². The van der Waals surface area contributed by atoms with Crippen LogP contribution in [0.25, 0.3) is 0 Å². The SMILES string of the molecule is CC(CC(C)N(C)C)SC(C)C(C)C(=O)O. The fourth-order valence-electron chi connectivity index (χ4n) is 1.43. The molecule has 0 amide bonds. The number of carbonyl (C=O) groups is 1. The standard InChI is InChI=1S/C12H25NO2S/c1-8(13(5)6)7-9(2)16-11(4)10(3)12(14)15/h8-11H,7H2,1-6H3,(H,14,15). The van der Waals surface area contributed by atoms with E-state index in [2.05, 4.69) is 32.8 Å². The molecule has 0 aromatic rings. The van der Waals surface area contributed by atoms with Gasteiger partial charge in [-0.05, 0) is 27.4 Å². The van der Waals surface area contributed by atoms with Crippen molar-refractivity contribution >= 4 is 17.7 Å². The van der Waals surface area contributed by atoms with Gasteiger partial charge in [0.2, 0.25) is 0 Å². The Morgan fingerprint density at radius 1 is 1.25 bits per heavy atom. The summed E-state index contributed by atoms with van der Waals surface area (Å²) in [4.78, 5) is 13.0. The van der Waals surface area contributed by atoms with Crippen LogP contribution in [0.5, 0.6) is 0 Å². The van der Waals surface area contributed by atoms with Crippen LogP contribution in [0.4, 0.5) is 0 Å². The lowest BCUT2D eigenvalue weighted by Crippen LogP contribution is -2.29. The maximum absolute atomic E-state index is 10.8. The van der Waals surface area contributed by atoms with Crippen molar-refractivity contribution in [3.05, 3.63) is 0 Å². The van der Waals surface area contributed by atoms with E-state index in [9.17, 15) is 4.79 Å². The number of hydrogen-bond acceptors (Lipinski definition) is 3. The predicted molar refractivity (Wildman–Crippen MR) is 71.1 cm³/mol. The molecule has 96 valence electrons. The van der Waals surface area contributed by atoms with Gasteiger partial charge in [0, 0.05) is 16.5 Å². The number of carboxylic acid groups (broad SMARTS) is 1. The van der Waals surface area contributed by atoms with E-state index in [1.54, 1.807) is 18.7 Å². The van der Waals surface area contributed by atoms with Crippen LogP contribution in [0.15, 0.2) is 0 Å². The van der Waals surface area contributed by atoms with E-state index < -0.39 is 5.97 Å². The molecule has 1 N–H and O–H groups in total. The summed E-state index contributed by atoms with van der Waals surface area (Å²) in [7, 11) is 4.15. The Morgan fingerprint density at radius 3 is 2.12 bits per heavy atom. The van der Waals surface area contributed by atoms with Gasteiger partial charge in [-0.1, -0.05) is 20.8 Å². The normalized spacial score (nSPS) is 19.2. The Morgan fingerprint density at radius 2 is 1.75 bits per heavy atom. The van der Waals surface area contributed by atoms with Crippen molar-refractivity contribution in [1.29, 1.82) is 0 Å². The summed E-state index contributed by atoms with van der Waals surface area (Å²) in [6.07, 6.45) is 1.09. The summed E-state index contributed by atoms with van der Waals surface area (Å²) in [6.45, 7) is 8.15. The molecule has 4 heteroatoms. The molecule has 0 aliphatic heterocycles. The van der Waals surface area contributed by atoms with E-state index >= 15 is 0 Å². The van der Waals surface area contributed by atoms with Gasteiger partial charge in [0.25, 0.3) is 0 Å². The van der Waals surface area contributed by atoms with E-state index in [0.29, 0.717) is 11.3 Å². The topological polar surface area (TPSA) is 40.5 Å². The van der Waals surface area contributed by atoms with Gasteiger partial charge in [-0.15, -0.1) is 0 Å². The molecule has 0 aliphatic rings. The van der Waals surface area contributed by atoms with Crippen molar-refractivity contribution in [3.8, 4) is 0 Å². The van der Waals surface area contributed by atoms with Crippen LogP contribution in [0.3, 0.4) is 0 Å². The maximum atomic E-state index is 10.8. The first-order valence-corrected chi connectivity index (χ1v) is 6.74. The fraction of sp³-hybridized carbons (Fsp3) is 0.917. The molecule has 4 atom stereocenters. The first kappa shape index (κ1) is 15.8. The lowest BCUT2D eigenvalue weighted by molar-refractivity contribution is -0.140. The first-order chi connectivity index (χ1) is 7.25. The quantitative estimate of drug-likeness (QED) is 0.750. The van der Waals surface area contributed by atoms with Gasteiger partial charge in [0.15, 0.2) is 0 Å². The van der Waals surface area contributed by atoms with Crippen LogP contribution in [0.1, 0.15) is 34.1 Å². The largest absolute Gasteiger partial charge is 0.481 e. The zero-order valence-corrected chi connectivity index (χ0v) is 12.0. The summed E-state index contributed by atoms with van der Waals surface area (Å²) in [5.41, 5.74) is 0. The molecule has 0 saturated carbocycles. The Bertz CT molecular complexity index is 221. The molecule has 4 unspecified atom stereocenters. The van der Waals surface area contributed by atoms with E-state index in [1.807, 2.05) is 6.92 Å². The summed E-state index contributed by atoms with van der Waals surface area (Å²) in [6, 6.07) is 0.537. The zero-order chi connectivity index (χ0) is 12.9. The highest BCUT2D eigenvalue weighted by Crippen LogP contribution is 2.27. The molecule has 0 aromatic carbocycles. The third-order valence-corrected chi connectivity index (χ3v) is 4.59. The van der Waals surface area contributed by atoms with Gasteiger partial charge in [-0.25, -0.2) is 0 Å². The number of carboxylic acids is 1. The number of rotatable bonds is 7. The van der Waals surface area contributed by atoms with Gasteiger partial charge in [0.05, 0.1) is 5.92 Å². The molecule has 0 heterocycles. The molecule has 0 radical (unpaired) electrons. The Hall–Kier alpha value is -0.220. The zero-order valence-electron chi connectivity index (χ0n) is 11.2. The third-order valence-electron chi connectivity index (χ3n) is 3.10. The molecule has 0 aromatic heterocycles. The van der Waals surface area contributed by atoms with Crippen LogP contribution >= 0.6 is 11.8 Å². The van der Waals surface area contributed by atoms with Crippen LogP contribution in [-0.2, 0) is 4.79 Å². The minimum absolute atomic E-state index is 0.168. The van der Waals surface area contributed by atoms with Crippen molar-refractivity contribution in [2.24, 2.45) is 5.92 Å². The van der Waals surface area contributed by atoms with E-state index in [1.165, 1.54) is 0 Å². The van der Waals surface area contributed by atoms with E-state index in [0.717, 1.165) is 6.42 Å². The van der Waals surface area contributed by atoms with Crippen LogP contribution in [0, 0.1) is 5.92 Å². The van der Waals surface area contributed by atoms with Gasteiger partial charge in [0.1, 0.15) is 0 Å².